The molecule has 0 unspecified atom stereocenters. The highest BCUT2D eigenvalue weighted by atomic mass is 16.6. The quantitative estimate of drug-likeness (QED) is 0.792. The highest BCUT2D eigenvalue weighted by molar-refractivity contribution is 5.86. The van der Waals surface area contributed by atoms with E-state index in [-0.39, 0.29) is 12.0 Å². The SMILES string of the molecule is CC(C)(C)OC(=O)N1CCc2c(nn(C(=O)C(C)(C)C)c2N)C1. The number of amides is 1. The Morgan fingerprint density at radius 3 is 2.30 bits per heavy atom. The smallest absolute Gasteiger partial charge is 0.410 e. The van der Waals surface area contributed by atoms with Crippen LogP contribution in [0.1, 0.15) is 57.6 Å². The van der Waals surface area contributed by atoms with Crippen molar-refractivity contribution in [3.05, 3.63) is 11.3 Å². The van der Waals surface area contributed by atoms with E-state index in [2.05, 4.69) is 5.10 Å². The number of aromatic nitrogens is 2. The third-order valence-electron chi connectivity index (χ3n) is 3.56. The minimum Gasteiger partial charge on any atom is -0.444 e. The summed E-state index contributed by atoms with van der Waals surface area (Å²) in [4.78, 5) is 26.2. The van der Waals surface area contributed by atoms with Crippen molar-refractivity contribution in [3.8, 4) is 0 Å². The van der Waals surface area contributed by atoms with E-state index >= 15 is 0 Å². The molecule has 0 saturated heterocycles. The molecule has 0 radical (unpaired) electrons. The number of carbonyl (C=O) groups is 2. The Morgan fingerprint density at radius 1 is 1.17 bits per heavy atom. The van der Waals surface area contributed by atoms with Crippen LogP contribution in [-0.4, -0.2) is 38.8 Å². The summed E-state index contributed by atoms with van der Waals surface area (Å²) in [5, 5.41) is 4.34. The first kappa shape index (κ1) is 17.3. The van der Waals surface area contributed by atoms with Gasteiger partial charge in [0.25, 0.3) is 5.91 Å². The molecule has 7 heteroatoms. The van der Waals surface area contributed by atoms with Crippen molar-refractivity contribution >= 4 is 17.8 Å². The van der Waals surface area contributed by atoms with E-state index in [0.717, 1.165) is 5.56 Å². The number of hydrogen-bond donors (Lipinski definition) is 1. The Bertz CT molecular complexity index is 635. The summed E-state index contributed by atoms with van der Waals surface area (Å²) in [5.74, 6) is 0.219. The van der Waals surface area contributed by atoms with Crippen LogP contribution in [-0.2, 0) is 17.7 Å². The summed E-state index contributed by atoms with van der Waals surface area (Å²) in [6, 6.07) is 0. The molecule has 1 amide bonds. The van der Waals surface area contributed by atoms with E-state index in [4.69, 9.17) is 10.5 Å². The topological polar surface area (TPSA) is 90.5 Å². The molecule has 0 spiro atoms. The maximum Gasteiger partial charge on any atom is 0.410 e. The highest BCUT2D eigenvalue weighted by Crippen LogP contribution is 2.27. The molecule has 0 bridgehead atoms. The maximum atomic E-state index is 12.4. The van der Waals surface area contributed by atoms with Gasteiger partial charge in [0.05, 0.1) is 12.2 Å². The molecule has 0 fully saturated rings. The van der Waals surface area contributed by atoms with E-state index in [9.17, 15) is 9.59 Å². The highest BCUT2D eigenvalue weighted by Gasteiger charge is 2.32. The predicted octanol–water partition coefficient (Wildman–Crippen LogP) is 2.44. The van der Waals surface area contributed by atoms with E-state index in [0.29, 0.717) is 31.0 Å². The predicted molar refractivity (Wildman–Crippen MR) is 87.1 cm³/mol. The molecule has 1 aliphatic heterocycles. The van der Waals surface area contributed by atoms with E-state index < -0.39 is 11.0 Å². The Balaban J connectivity index is 2.23. The molecule has 0 atom stereocenters. The van der Waals surface area contributed by atoms with E-state index in [1.54, 1.807) is 4.90 Å². The fourth-order valence-electron chi connectivity index (χ4n) is 2.37. The van der Waals surface area contributed by atoms with Gasteiger partial charge in [-0.15, -0.1) is 0 Å². The van der Waals surface area contributed by atoms with Gasteiger partial charge in [-0.2, -0.15) is 9.78 Å². The summed E-state index contributed by atoms with van der Waals surface area (Å²) in [7, 11) is 0. The van der Waals surface area contributed by atoms with E-state index in [1.165, 1.54) is 4.68 Å². The van der Waals surface area contributed by atoms with Crippen LogP contribution in [0.2, 0.25) is 0 Å². The molecule has 0 saturated carbocycles. The van der Waals surface area contributed by atoms with Gasteiger partial charge in [-0.1, -0.05) is 20.8 Å². The Kier molecular flexibility index (Phi) is 4.17. The standard InChI is InChI=1S/C16H26N4O3/c1-15(2,3)13(21)20-12(17)10-7-8-19(9-11(10)18-20)14(22)23-16(4,5)6/h7-9,17H2,1-6H3. The molecular weight excluding hydrogens is 296 g/mol. The normalized spacial score (nSPS) is 15.3. The first-order chi connectivity index (χ1) is 10.4. The number of fused-ring (bicyclic) bond motifs is 1. The summed E-state index contributed by atoms with van der Waals surface area (Å²) in [5.41, 5.74) is 6.48. The summed E-state index contributed by atoms with van der Waals surface area (Å²) in [6.07, 6.45) is 0.191. The second kappa shape index (κ2) is 5.54. The van der Waals surface area contributed by atoms with Crippen LogP contribution in [0.3, 0.4) is 0 Å². The van der Waals surface area contributed by atoms with Gasteiger partial charge in [0.15, 0.2) is 0 Å². The lowest BCUT2D eigenvalue weighted by molar-refractivity contribution is 0.0221. The van der Waals surface area contributed by atoms with Crippen molar-refractivity contribution in [2.24, 2.45) is 5.41 Å². The zero-order valence-corrected chi connectivity index (χ0v) is 14.8. The fourth-order valence-corrected chi connectivity index (χ4v) is 2.37. The lowest BCUT2D eigenvalue weighted by Gasteiger charge is -2.29. The Labute approximate surface area is 136 Å². The molecule has 1 aromatic rings. The molecule has 2 N–H and O–H groups in total. The van der Waals surface area contributed by atoms with Crippen molar-refractivity contribution in [3.63, 3.8) is 0 Å². The van der Waals surface area contributed by atoms with Crippen molar-refractivity contribution in [2.75, 3.05) is 12.3 Å². The molecule has 0 aromatic carbocycles. The van der Waals surface area contributed by atoms with Crippen LogP contribution in [0.5, 0.6) is 0 Å². The molecule has 1 aliphatic rings. The number of nitrogens with two attached hydrogens (primary N) is 1. The molecule has 128 valence electrons. The average molecular weight is 322 g/mol. The van der Waals surface area contributed by atoms with Crippen LogP contribution >= 0.6 is 0 Å². The van der Waals surface area contributed by atoms with Crippen LogP contribution in [0.25, 0.3) is 0 Å². The zero-order chi connectivity index (χ0) is 17.6. The number of rotatable bonds is 0. The summed E-state index contributed by atoms with van der Waals surface area (Å²) < 4.78 is 6.65. The second-order valence-corrected chi connectivity index (χ2v) is 7.93. The number of carbonyl (C=O) groups excluding carboxylic acids is 2. The van der Waals surface area contributed by atoms with Crippen molar-refractivity contribution in [2.45, 2.75) is 60.1 Å². The van der Waals surface area contributed by atoms with Crippen molar-refractivity contribution in [1.29, 1.82) is 0 Å². The summed E-state index contributed by atoms with van der Waals surface area (Å²) >= 11 is 0. The first-order valence-corrected chi connectivity index (χ1v) is 7.79. The molecule has 0 aliphatic carbocycles. The average Bonchev–Trinajstić information content (AvgIpc) is 2.71. The minimum atomic E-state index is -0.576. The van der Waals surface area contributed by atoms with Gasteiger partial charge in [0, 0.05) is 17.5 Å². The fraction of sp³-hybridized carbons (Fsp3) is 0.688. The number of anilines is 1. The number of ether oxygens (including phenoxy) is 1. The third-order valence-corrected chi connectivity index (χ3v) is 3.56. The van der Waals surface area contributed by atoms with Gasteiger partial charge in [0.1, 0.15) is 11.4 Å². The molecule has 7 nitrogen and oxygen atoms in total. The lowest BCUT2D eigenvalue weighted by Crippen LogP contribution is -2.39. The van der Waals surface area contributed by atoms with Crippen LogP contribution in [0.15, 0.2) is 0 Å². The molecular formula is C16H26N4O3. The van der Waals surface area contributed by atoms with Gasteiger partial charge in [-0.05, 0) is 27.2 Å². The molecule has 2 rings (SSSR count). The summed E-state index contributed by atoms with van der Waals surface area (Å²) in [6.45, 7) is 11.8. The first-order valence-electron chi connectivity index (χ1n) is 7.79. The zero-order valence-electron chi connectivity index (χ0n) is 14.8. The maximum absolute atomic E-state index is 12.4. The van der Waals surface area contributed by atoms with Crippen LogP contribution in [0, 0.1) is 5.41 Å². The Hall–Kier alpha value is -2.05. The van der Waals surface area contributed by atoms with Gasteiger partial charge < -0.3 is 15.4 Å². The number of hydrogen-bond acceptors (Lipinski definition) is 5. The van der Waals surface area contributed by atoms with Gasteiger partial charge >= 0.3 is 6.09 Å². The minimum absolute atomic E-state index is 0.159. The van der Waals surface area contributed by atoms with Gasteiger partial charge in [0.2, 0.25) is 0 Å². The van der Waals surface area contributed by atoms with Gasteiger partial charge in [-0.25, -0.2) is 4.79 Å². The number of nitrogens with zero attached hydrogens (tertiary/aromatic N) is 3. The lowest BCUT2D eigenvalue weighted by atomic mass is 9.96. The molecule has 23 heavy (non-hydrogen) atoms. The molecule has 2 heterocycles. The Morgan fingerprint density at radius 2 is 1.78 bits per heavy atom. The number of nitrogen functional groups attached to an aromatic ring is 1. The largest absolute Gasteiger partial charge is 0.444 e. The second-order valence-electron chi connectivity index (χ2n) is 7.93. The monoisotopic (exact) mass is 322 g/mol. The van der Waals surface area contributed by atoms with E-state index in [1.807, 2.05) is 41.5 Å². The van der Waals surface area contributed by atoms with Gasteiger partial charge in [-0.3, -0.25) is 4.79 Å². The molecule has 1 aromatic heterocycles. The van der Waals surface area contributed by atoms with Crippen molar-refractivity contribution < 1.29 is 14.3 Å². The van der Waals surface area contributed by atoms with Crippen LogP contribution < -0.4 is 5.73 Å². The van der Waals surface area contributed by atoms with Crippen molar-refractivity contribution in [1.82, 2.24) is 14.7 Å². The van der Waals surface area contributed by atoms with Crippen LogP contribution in [0.4, 0.5) is 10.6 Å². The third kappa shape index (κ3) is 3.65.